The van der Waals surface area contributed by atoms with Gasteiger partial charge in [-0.25, -0.2) is 13.4 Å². The molecule has 20 heavy (non-hydrogen) atoms. The summed E-state index contributed by atoms with van der Waals surface area (Å²) in [7, 11) is -3.25. The van der Waals surface area contributed by atoms with Crippen LogP contribution in [0.15, 0.2) is 12.3 Å². The molecule has 0 saturated carbocycles. The van der Waals surface area contributed by atoms with Crippen LogP contribution in [0.1, 0.15) is 10.4 Å². The van der Waals surface area contributed by atoms with Crippen molar-refractivity contribution in [1.82, 2.24) is 4.98 Å². The summed E-state index contributed by atoms with van der Waals surface area (Å²) in [5.41, 5.74) is 11.2. The molecule has 1 aliphatic heterocycles. The van der Waals surface area contributed by atoms with Gasteiger partial charge in [0, 0.05) is 24.3 Å². The van der Waals surface area contributed by atoms with Gasteiger partial charge in [-0.1, -0.05) is 0 Å². The number of aromatic nitrogens is 1. The zero-order valence-electron chi connectivity index (χ0n) is 10.9. The number of amides is 1. The quantitative estimate of drug-likeness (QED) is 0.784. The minimum atomic E-state index is -3.25. The van der Waals surface area contributed by atoms with Gasteiger partial charge in [0.25, 0.3) is 5.91 Å². The van der Waals surface area contributed by atoms with Crippen molar-refractivity contribution >= 4 is 39.0 Å². The Bertz CT molecular complexity index is 633. The maximum Gasteiger partial charge on any atom is 0.250 e. The molecule has 2 heterocycles. The monoisotopic (exact) mass is 316 g/mol. The first kappa shape index (κ1) is 14.9. The number of hydrogen-bond acceptors (Lipinski definition) is 7. The fraction of sp³-hybridized carbons (Fsp3) is 0.455. The molecule has 2 rings (SSSR count). The summed E-state index contributed by atoms with van der Waals surface area (Å²) in [6, 6.07) is 1.45. The van der Waals surface area contributed by atoms with Gasteiger partial charge >= 0.3 is 0 Å². The molecule has 1 aromatic rings. The van der Waals surface area contributed by atoms with Gasteiger partial charge in [-0.15, -0.1) is 0 Å². The second-order valence-corrected chi connectivity index (χ2v) is 7.90. The van der Waals surface area contributed by atoms with Crippen LogP contribution in [0, 0.1) is 0 Å². The van der Waals surface area contributed by atoms with Gasteiger partial charge in [0.2, 0.25) is 0 Å². The van der Waals surface area contributed by atoms with Crippen LogP contribution in [-0.4, -0.2) is 49.0 Å². The van der Waals surface area contributed by atoms with Gasteiger partial charge in [0.05, 0.1) is 17.4 Å². The summed E-state index contributed by atoms with van der Waals surface area (Å²) in [6.45, 7) is 0.539. The van der Waals surface area contributed by atoms with E-state index in [0.717, 1.165) is 5.75 Å². The average molecular weight is 316 g/mol. The van der Waals surface area contributed by atoms with Crippen molar-refractivity contribution < 1.29 is 13.2 Å². The molecule has 9 heteroatoms. The van der Waals surface area contributed by atoms with E-state index >= 15 is 0 Å². The minimum Gasteiger partial charge on any atom is -0.397 e. The maximum atomic E-state index is 11.9. The van der Waals surface area contributed by atoms with Crippen molar-refractivity contribution in [3.05, 3.63) is 17.8 Å². The molecule has 7 nitrogen and oxygen atoms in total. The molecule has 0 bridgehead atoms. The number of hydrogen-bond donors (Lipinski definition) is 2. The minimum absolute atomic E-state index is 0.153. The lowest BCUT2D eigenvalue weighted by atomic mass is 10.2. The highest BCUT2D eigenvalue weighted by molar-refractivity contribution is 8.01. The van der Waals surface area contributed by atoms with E-state index in [4.69, 9.17) is 11.5 Å². The molecule has 1 atom stereocenters. The highest BCUT2D eigenvalue weighted by atomic mass is 32.2. The van der Waals surface area contributed by atoms with Crippen LogP contribution >= 0.6 is 11.8 Å². The molecular weight excluding hydrogens is 300 g/mol. The Labute approximate surface area is 121 Å². The molecule has 1 aromatic heterocycles. The van der Waals surface area contributed by atoms with Gasteiger partial charge in [-0.3, -0.25) is 4.79 Å². The molecule has 1 saturated heterocycles. The number of nitrogen functional groups attached to an aromatic ring is 1. The fourth-order valence-electron chi connectivity index (χ4n) is 2.02. The number of pyridine rings is 1. The van der Waals surface area contributed by atoms with Crippen LogP contribution in [0.2, 0.25) is 0 Å². The molecule has 0 radical (unpaired) electrons. The number of carbonyl (C=O) groups is 1. The third-order valence-corrected chi connectivity index (χ3v) is 5.70. The zero-order valence-corrected chi connectivity index (χ0v) is 12.6. The maximum absolute atomic E-state index is 11.9. The van der Waals surface area contributed by atoms with E-state index in [1.165, 1.54) is 18.5 Å². The van der Waals surface area contributed by atoms with E-state index in [-0.39, 0.29) is 11.3 Å². The lowest BCUT2D eigenvalue weighted by molar-refractivity contribution is 0.100. The zero-order chi connectivity index (χ0) is 14.9. The third kappa shape index (κ3) is 2.98. The summed E-state index contributed by atoms with van der Waals surface area (Å²) < 4.78 is 23.7. The summed E-state index contributed by atoms with van der Waals surface area (Å²) in [5, 5.41) is -0.655. The smallest absolute Gasteiger partial charge is 0.250 e. The lowest BCUT2D eigenvalue weighted by Gasteiger charge is -2.35. The van der Waals surface area contributed by atoms with E-state index in [1.54, 1.807) is 16.7 Å². The summed E-state index contributed by atoms with van der Waals surface area (Å²) in [5.74, 6) is 1.01. The van der Waals surface area contributed by atoms with Gasteiger partial charge in [0.15, 0.2) is 9.84 Å². The predicted octanol–water partition coefficient (Wildman–Crippen LogP) is -0.313. The van der Waals surface area contributed by atoms with Gasteiger partial charge in [0.1, 0.15) is 11.2 Å². The normalized spacial score (nSPS) is 19.9. The number of primary amides is 1. The topological polar surface area (TPSA) is 119 Å². The van der Waals surface area contributed by atoms with Crippen molar-refractivity contribution in [2.75, 3.05) is 34.9 Å². The number of carbonyl (C=O) groups excluding carboxylic acids is 1. The number of thioether (sulfide) groups is 1. The SMILES string of the molecule is CS(=O)(=O)C1CSCCN1c1cc(C(N)=O)c(N)cn1. The molecule has 1 amide bonds. The Kier molecular flexibility index (Phi) is 4.09. The van der Waals surface area contributed by atoms with Crippen LogP contribution in [0.3, 0.4) is 0 Å². The first-order chi connectivity index (χ1) is 9.30. The Hall–Kier alpha value is -1.48. The van der Waals surface area contributed by atoms with E-state index in [2.05, 4.69) is 4.98 Å². The molecule has 1 fully saturated rings. The summed E-state index contributed by atoms with van der Waals surface area (Å²) in [6.07, 6.45) is 2.53. The van der Waals surface area contributed by atoms with Crippen LogP contribution < -0.4 is 16.4 Å². The number of anilines is 2. The number of nitrogens with zero attached hydrogens (tertiary/aromatic N) is 2. The van der Waals surface area contributed by atoms with Gasteiger partial charge < -0.3 is 16.4 Å². The van der Waals surface area contributed by atoms with Crippen LogP contribution in [0.5, 0.6) is 0 Å². The molecule has 1 unspecified atom stereocenters. The first-order valence-electron chi connectivity index (χ1n) is 5.89. The van der Waals surface area contributed by atoms with Crippen molar-refractivity contribution in [1.29, 1.82) is 0 Å². The van der Waals surface area contributed by atoms with Crippen molar-refractivity contribution in [3.63, 3.8) is 0 Å². The predicted molar refractivity (Wildman–Crippen MR) is 80.5 cm³/mol. The van der Waals surface area contributed by atoms with Gasteiger partial charge in [-0.05, 0) is 6.07 Å². The number of nitrogens with two attached hydrogens (primary N) is 2. The first-order valence-corrected chi connectivity index (χ1v) is 9.00. The highest BCUT2D eigenvalue weighted by Gasteiger charge is 2.32. The number of rotatable bonds is 3. The average Bonchev–Trinajstić information content (AvgIpc) is 2.38. The van der Waals surface area contributed by atoms with E-state index in [0.29, 0.717) is 18.1 Å². The Morgan fingerprint density at radius 3 is 2.85 bits per heavy atom. The second kappa shape index (κ2) is 5.49. The summed E-state index contributed by atoms with van der Waals surface area (Å²) in [4.78, 5) is 17.1. The van der Waals surface area contributed by atoms with Crippen molar-refractivity contribution in [2.45, 2.75) is 5.37 Å². The largest absolute Gasteiger partial charge is 0.397 e. The molecule has 4 N–H and O–H groups in total. The molecule has 0 aliphatic carbocycles. The Morgan fingerprint density at radius 2 is 2.25 bits per heavy atom. The third-order valence-electron chi connectivity index (χ3n) is 3.06. The molecule has 0 spiro atoms. The molecule has 110 valence electrons. The fourth-order valence-corrected chi connectivity index (χ4v) is 4.85. The van der Waals surface area contributed by atoms with E-state index < -0.39 is 21.1 Å². The summed E-state index contributed by atoms with van der Waals surface area (Å²) >= 11 is 1.58. The lowest BCUT2D eigenvalue weighted by Crippen LogP contribution is -2.47. The Balaban J connectivity index is 2.43. The number of sulfone groups is 1. The van der Waals surface area contributed by atoms with E-state index in [1.807, 2.05) is 0 Å². The van der Waals surface area contributed by atoms with Crippen LogP contribution in [0.25, 0.3) is 0 Å². The van der Waals surface area contributed by atoms with Crippen molar-refractivity contribution in [2.24, 2.45) is 5.73 Å². The highest BCUT2D eigenvalue weighted by Crippen LogP contribution is 2.27. The molecule has 0 aromatic carbocycles. The molecular formula is C11H16N4O3S2. The Morgan fingerprint density at radius 1 is 1.55 bits per heavy atom. The van der Waals surface area contributed by atoms with E-state index in [9.17, 15) is 13.2 Å². The van der Waals surface area contributed by atoms with Crippen LogP contribution in [-0.2, 0) is 9.84 Å². The standard InChI is InChI=1S/C11H16N4O3S2/c1-20(17,18)10-6-19-3-2-15(10)9-4-7(11(13)16)8(12)5-14-9/h4-5,10H,2-3,6,12H2,1H3,(H2,13,16). The van der Waals surface area contributed by atoms with Gasteiger partial charge in [-0.2, -0.15) is 11.8 Å². The van der Waals surface area contributed by atoms with Crippen molar-refractivity contribution in [3.8, 4) is 0 Å². The second-order valence-electron chi connectivity index (χ2n) is 4.55. The molecule has 1 aliphatic rings. The van der Waals surface area contributed by atoms with Crippen LogP contribution in [0.4, 0.5) is 11.5 Å².